The van der Waals surface area contributed by atoms with Gasteiger partial charge >= 0.3 is 6.09 Å². The van der Waals surface area contributed by atoms with Crippen molar-refractivity contribution >= 4 is 17.1 Å². The number of aryl methyl sites for hydroxylation is 1. The van der Waals surface area contributed by atoms with Gasteiger partial charge in [0.05, 0.1) is 17.6 Å². The minimum Gasteiger partial charge on any atom is -0.444 e. The van der Waals surface area contributed by atoms with E-state index < -0.39 is 11.7 Å². The van der Waals surface area contributed by atoms with Gasteiger partial charge in [-0.25, -0.2) is 9.78 Å². The first-order chi connectivity index (χ1) is 9.78. The second kappa shape index (κ2) is 5.55. The number of hydrogen-bond donors (Lipinski definition) is 1. The summed E-state index contributed by atoms with van der Waals surface area (Å²) in [6.45, 7) is 5.37. The highest BCUT2D eigenvalue weighted by molar-refractivity contribution is 5.74. The van der Waals surface area contributed by atoms with Crippen LogP contribution in [0, 0.1) is 0 Å². The number of alkyl carbamates (subject to hydrolysis) is 1. The Hall–Kier alpha value is -2.37. The van der Waals surface area contributed by atoms with Crippen molar-refractivity contribution < 1.29 is 9.53 Å². The smallest absolute Gasteiger partial charge is 0.407 e. The zero-order valence-electron chi connectivity index (χ0n) is 12.6. The third-order valence-corrected chi connectivity index (χ3v) is 2.85. The standard InChI is InChI=1S/C15H19N3O3/c1-15(2,3)21-14(20)16-9-11-13(19)18(4)12-8-6-5-7-10(12)17-11/h5-8H,9H2,1-4H3,(H,16,20). The number of hydrogen-bond acceptors (Lipinski definition) is 4. The summed E-state index contributed by atoms with van der Waals surface area (Å²) in [5.74, 6) is 0. The molecular weight excluding hydrogens is 270 g/mol. The monoisotopic (exact) mass is 289 g/mol. The van der Waals surface area contributed by atoms with Gasteiger partial charge in [0.1, 0.15) is 11.3 Å². The highest BCUT2D eigenvalue weighted by Crippen LogP contribution is 2.09. The van der Waals surface area contributed by atoms with Crippen LogP contribution in [0.1, 0.15) is 26.5 Å². The SMILES string of the molecule is Cn1c(=O)c(CNC(=O)OC(C)(C)C)nc2ccccc21. The fraction of sp³-hybridized carbons (Fsp3) is 0.400. The molecular formula is C15H19N3O3. The average Bonchev–Trinajstić information content (AvgIpc) is 2.39. The topological polar surface area (TPSA) is 73.2 Å². The normalized spacial score (nSPS) is 11.4. The zero-order valence-corrected chi connectivity index (χ0v) is 12.6. The Kier molecular flexibility index (Phi) is 3.97. The lowest BCUT2D eigenvalue weighted by Gasteiger charge is -2.19. The summed E-state index contributed by atoms with van der Waals surface area (Å²) in [5, 5.41) is 2.55. The maximum Gasteiger partial charge on any atom is 0.407 e. The molecule has 0 saturated carbocycles. The first-order valence-corrected chi connectivity index (χ1v) is 6.69. The Bertz CT molecular complexity index is 729. The van der Waals surface area contributed by atoms with E-state index in [1.165, 1.54) is 4.57 Å². The van der Waals surface area contributed by atoms with E-state index >= 15 is 0 Å². The highest BCUT2D eigenvalue weighted by atomic mass is 16.6. The van der Waals surface area contributed by atoms with E-state index in [9.17, 15) is 9.59 Å². The van der Waals surface area contributed by atoms with E-state index in [0.717, 1.165) is 5.52 Å². The van der Waals surface area contributed by atoms with Crippen LogP contribution in [0.5, 0.6) is 0 Å². The van der Waals surface area contributed by atoms with Crippen molar-refractivity contribution in [1.29, 1.82) is 0 Å². The molecule has 0 aliphatic carbocycles. The van der Waals surface area contributed by atoms with Crippen molar-refractivity contribution in [3.63, 3.8) is 0 Å². The van der Waals surface area contributed by atoms with E-state index in [4.69, 9.17) is 4.74 Å². The van der Waals surface area contributed by atoms with Gasteiger partial charge in [-0.2, -0.15) is 0 Å². The number of ether oxygens (including phenoxy) is 1. The Morgan fingerprint density at radius 1 is 1.33 bits per heavy atom. The van der Waals surface area contributed by atoms with Gasteiger partial charge in [0.2, 0.25) is 0 Å². The molecule has 1 aromatic carbocycles. The summed E-state index contributed by atoms with van der Waals surface area (Å²) in [6, 6.07) is 7.35. The summed E-state index contributed by atoms with van der Waals surface area (Å²) >= 11 is 0. The molecule has 0 radical (unpaired) electrons. The van der Waals surface area contributed by atoms with Crippen molar-refractivity contribution in [3.8, 4) is 0 Å². The van der Waals surface area contributed by atoms with Gasteiger partial charge in [-0.15, -0.1) is 0 Å². The molecule has 1 N–H and O–H groups in total. The third-order valence-electron chi connectivity index (χ3n) is 2.85. The second-order valence-electron chi connectivity index (χ2n) is 5.77. The van der Waals surface area contributed by atoms with Gasteiger partial charge in [-0.1, -0.05) is 12.1 Å². The molecule has 6 heteroatoms. The quantitative estimate of drug-likeness (QED) is 0.917. The van der Waals surface area contributed by atoms with Crippen molar-refractivity contribution in [1.82, 2.24) is 14.9 Å². The van der Waals surface area contributed by atoms with Gasteiger partial charge in [-0.3, -0.25) is 4.79 Å². The second-order valence-corrected chi connectivity index (χ2v) is 5.77. The maximum absolute atomic E-state index is 12.2. The average molecular weight is 289 g/mol. The van der Waals surface area contributed by atoms with Crippen molar-refractivity contribution in [2.75, 3.05) is 0 Å². The Balaban J connectivity index is 2.22. The summed E-state index contributed by atoms with van der Waals surface area (Å²) in [6.07, 6.45) is -0.570. The molecule has 0 unspecified atom stereocenters. The molecule has 2 aromatic rings. The van der Waals surface area contributed by atoms with E-state index in [1.807, 2.05) is 24.3 Å². The van der Waals surface area contributed by atoms with Gasteiger partial charge in [-0.05, 0) is 32.9 Å². The van der Waals surface area contributed by atoms with Crippen molar-refractivity contribution in [2.45, 2.75) is 32.9 Å². The number of nitrogens with one attached hydrogen (secondary N) is 1. The number of amides is 1. The molecule has 21 heavy (non-hydrogen) atoms. The summed E-state index contributed by atoms with van der Waals surface area (Å²) < 4.78 is 6.65. The minimum absolute atomic E-state index is 0.0341. The lowest BCUT2D eigenvalue weighted by molar-refractivity contribution is 0.0522. The van der Waals surface area contributed by atoms with Crippen LogP contribution in [-0.4, -0.2) is 21.2 Å². The van der Waals surface area contributed by atoms with Crippen molar-refractivity contribution in [2.24, 2.45) is 7.05 Å². The summed E-state index contributed by atoms with van der Waals surface area (Å²) in [5.41, 5.74) is 0.933. The van der Waals surface area contributed by atoms with Crippen LogP contribution in [-0.2, 0) is 18.3 Å². The molecule has 2 rings (SSSR count). The van der Waals surface area contributed by atoms with Crippen molar-refractivity contribution in [3.05, 3.63) is 40.3 Å². The number of nitrogens with zero attached hydrogens (tertiary/aromatic N) is 2. The van der Waals surface area contributed by atoms with E-state index in [-0.39, 0.29) is 17.8 Å². The number of rotatable bonds is 2. The number of benzene rings is 1. The van der Waals surface area contributed by atoms with Gasteiger partial charge in [0, 0.05) is 7.05 Å². The number of para-hydroxylation sites is 2. The van der Waals surface area contributed by atoms with Crippen LogP contribution in [0.3, 0.4) is 0 Å². The molecule has 0 bridgehead atoms. The molecule has 112 valence electrons. The van der Waals surface area contributed by atoms with Gasteiger partial charge < -0.3 is 14.6 Å². The fourth-order valence-electron chi connectivity index (χ4n) is 1.92. The van der Waals surface area contributed by atoms with Crippen LogP contribution in [0.25, 0.3) is 11.0 Å². The number of aromatic nitrogens is 2. The predicted octanol–water partition coefficient (Wildman–Crippen LogP) is 1.96. The van der Waals surface area contributed by atoms with Gasteiger partial charge in [0.15, 0.2) is 0 Å². The molecule has 0 fully saturated rings. The molecule has 1 heterocycles. The first kappa shape index (κ1) is 15.0. The molecule has 0 saturated heterocycles. The van der Waals surface area contributed by atoms with Crippen LogP contribution in [0.2, 0.25) is 0 Å². The number of carbonyl (C=O) groups excluding carboxylic acids is 1. The Labute approximate surface area is 122 Å². The van der Waals surface area contributed by atoms with Crippen LogP contribution >= 0.6 is 0 Å². The minimum atomic E-state index is -0.578. The maximum atomic E-state index is 12.2. The molecule has 1 amide bonds. The zero-order chi connectivity index (χ0) is 15.6. The lowest BCUT2D eigenvalue weighted by atomic mass is 10.2. The Morgan fingerprint density at radius 3 is 2.67 bits per heavy atom. The molecule has 0 atom stereocenters. The largest absolute Gasteiger partial charge is 0.444 e. The van der Waals surface area contributed by atoms with Gasteiger partial charge in [0.25, 0.3) is 5.56 Å². The van der Waals surface area contributed by atoms with Crippen LogP contribution in [0.4, 0.5) is 4.79 Å². The van der Waals surface area contributed by atoms with Crippen LogP contribution < -0.4 is 10.9 Å². The summed E-state index contributed by atoms with van der Waals surface area (Å²) in [7, 11) is 1.68. The molecule has 0 aliphatic heterocycles. The third kappa shape index (κ3) is 3.59. The number of carbonyl (C=O) groups is 1. The summed E-state index contributed by atoms with van der Waals surface area (Å²) in [4.78, 5) is 28.1. The fourth-order valence-corrected chi connectivity index (χ4v) is 1.92. The molecule has 6 nitrogen and oxygen atoms in total. The molecule has 0 aliphatic rings. The van der Waals surface area contributed by atoms with E-state index in [1.54, 1.807) is 27.8 Å². The van der Waals surface area contributed by atoms with E-state index in [0.29, 0.717) is 5.52 Å². The molecule has 0 spiro atoms. The van der Waals surface area contributed by atoms with Crippen LogP contribution in [0.15, 0.2) is 29.1 Å². The number of fused-ring (bicyclic) bond motifs is 1. The lowest BCUT2D eigenvalue weighted by Crippen LogP contribution is -2.34. The molecule has 1 aromatic heterocycles. The predicted molar refractivity (Wildman–Crippen MR) is 80.1 cm³/mol. The van der Waals surface area contributed by atoms with E-state index in [2.05, 4.69) is 10.3 Å². The Morgan fingerprint density at radius 2 is 2.00 bits per heavy atom. The highest BCUT2D eigenvalue weighted by Gasteiger charge is 2.16. The first-order valence-electron chi connectivity index (χ1n) is 6.69.